The minimum absolute atomic E-state index is 0.178. The van der Waals surface area contributed by atoms with Crippen molar-refractivity contribution in [2.24, 2.45) is 0 Å². The standard InChI is InChI=1S/C27H21ClFN5O/c1-3-23(35)34-13-12-33(16-18(34)14-30-2)22-10-11-31-27-20(22)15-32-26(25(27)29)19-8-4-6-17-7-5-9-21(28)24(17)19/h3-11,15,18H,1,12-14,16H2/t18-/m0/s1. The molecule has 1 amide bonds. The molecule has 0 spiro atoms. The molecule has 174 valence electrons. The summed E-state index contributed by atoms with van der Waals surface area (Å²) >= 11 is 6.47. The lowest BCUT2D eigenvalue weighted by Gasteiger charge is -2.40. The smallest absolute Gasteiger partial charge is 0.246 e. The predicted molar refractivity (Wildman–Crippen MR) is 137 cm³/mol. The maximum atomic E-state index is 15.9. The number of pyridine rings is 2. The van der Waals surface area contributed by atoms with Crippen molar-refractivity contribution >= 4 is 44.9 Å². The van der Waals surface area contributed by atoms with Crippen LogP contribution in [0.15, 0.2) is 67.5 Å². The fourth-order valence-electron chi connectivity index (χ4n) is 4.76. The first-order valence-electron chi connectivity index (χ1n) is 11.2. The Balaban J connectivity index is 1.58. The molecule has 0 aliphatic carbocycles. The molecule has 1 aliphatic heterocycles. The normalized spacial score (nSPS) is 15.9. The molecule has 1 fully saturated rings. The van der Waals surface area contributed by atoms with Gasteiger partial charge in [0.25, 0.3) is 0 Å². The summed E-state index contributed by atoms with van der Waals surface area (Å²) in [5.41, 5.74) is 1.77. The summed E-state index contributed by atoms with van der Waals surface area (Å²) in [6, 6.07) is 12.7. The highest BCUT2D eigenvalue weighted by Gasteiger charge is 2.32. The second kappa shape index (κ2) is 9.32. The highest BCUT2D eigenvalue weighted by molar-refractivity contribution is 6.36. The lowest BCUT2D eigenvalue weighted by atomic mass is 10.0. The van der Waals surface area contributed by atoms with Gasteiger partial charge in [0.05, 0.1) is 0 Å². The summed E-state index contributed by atoms with van der Waals surface area (Å²) in [7, 11) is 0. The van der Waals surface area contributed by atoms with Crippen molar-refractivity contribution in [3.05, 3.63) is 89.8 Å². The number of anilines is 1. The van der Waals surface area contributed by atoms with Crippen LogP contribution < -0.4 is 4.90 Å². The number of piperazine rings is 1. The van der Waals surface area contributed by atoms with Crippen LogP contribution in [0.5, 0.6) is 0 Å². The molecule has 8 heteroatoms. The van der Waals surface area contributed by atoms with Crippen LogP contribution in [0, 0.1) is 12.4 Å². The van der Waals surface area contributed by atoms with Gasteiger partial charge in [0.2, 0.25) is 12.5 Å². The van der Waals surface area contributed by atoms with E-state index in [1.54, 1.807) is 29.4 Å². The minimum atomic E-state index is -0.519. The first-order valence-corrected chi connectivity index (χ1v) is 11.5. The van der Waals surface area contributed by atoms with Crippen molar-refractivity contribution in [1.82, 2.24) is 14.9 Å². The molecule has 2 aromatic carbocycles. The Kier molecular flexibility index (Phi) is 6.06. The molecule has 0 radical (unpaired) electrons. The fourth-order valence-corrected chi connectivity index (χ4v) is 5.05. The predicted octanol–water partition coefficient (Wildman–Crippen LogP) is 5.36. The number of fused-ring (bicyclic) bond motifs is 2. The molecule has 35 heavy (non-hydrogen) atoms. The summed E-state index contributed by atoms with van der Waals surface area (Å²) in [5.74, 6) is -0.709. The minimum Gasteiger partial charge on any atom is -0.367 e. The van der Waals surface area contributed by atoms with E-state index >= 15 is 4.39 Å². The molecule has 6 nitrogen and oxygen atoms in total. The van der Waals surface area contributed by atoms with Crippen molar-refractivity contribution < 1.29 is 9.18 Å². The van der Waals surface area contributed by atoms with Gasteiger partial charge in [-0.2, -0.15) is 0 Å². The van der Waals surface area contributed by atoms with E-state index in [1.807, 2.05) is 30.3 Å². The van der Waals surface area contributed by atoms with E-state index in [2.05, 4.69) is 26.3 Å². The largest absolute Gasteiger partial charge is 0.367 e. The molecule has 0 bridgehead atoms. The lowest BCUT2D eigenvalue weighted by molar-refractivity contribution is -0.128. The zero-order valence-electron chi connectivity index (χ0n) is 18.8. The average Bonchev–Trinajstić information content (AvgIpc) is 2.88. The first kappa shape index (κ1) is 22.8. The average molecular weight is 486 g/mol. The number of carbonyl (C=O) groups is 1. The van der Waals surface area contributed by atoms with Crippen molar-refractivity contribution in [2.45, 2.75) is 6.04 Å². The molecular weight excluding hydrogens is 465 g/mol. The van der Waals surface area contributed by atoms with Gasteiger partial charge in [-0.15, -0.1) is 0 Å². The Morgan fingerprint density at radius 2 is 2.03 bits per heavy atom. The number of halogens is 2. The molecule has 0 unspecified atom stereocenters. The summed E-state index contributed by atoms with van der Waals surface area (Å²) < 4.78 is 15.9. The SMILES string of the molecule is [C-]#[N+]C[C@H]1CN(c2ccnc3c(F)c(-c4cccc5cccc(Cl)c45)ncc23)CCN1C(=O)C=C. The zero-order chi connectivity index (χ0) is 24.5. The Labute approximate surface area is 207 Å². The van der Waals surface area contributed by atoms with E-state index in [1.165, 1.54) is 6.08 Å². The second-order valence-electron chi connectivity index (χ2n) is 8.33. The van der Waals surface area contributed by atoms with E-state index in [0.717, 1.165) is 16.5 Å². The van der Waals surface area contributed by atoms with Gasteiger partial charge in [0.15, 0.2) is 5.82 Å². The van der Waals surface area contributed by atoms with E-state index in [-0.39, 0.29) is 29.7 Å². The van der Waals surface area contributed by atoms with Crippen molar-refractivity contribution in [3.8, 4) is 11.3 Å². The third-order valence-corrected chi connectivity index (χ3v) is 6.71. The van der Waals surface area contributed by atoms with Gasteiger partial charge in [-0.1, -0.05) is 48.5 Å². The first-order chi connectivity index (χ1) is 17.0. The number of benzene rings is 2. The Bertz CT molecular complexity index is 1510. The van der Waals surface area contributed by atoms with Gasteiger partial charge in [-0.3, -0.25) is 14.8 Å². The van der Waals surface area contributed by atoms with Crippen LogP contribution >= 0.6 is 11.6 Å². The molecule has 3 heterocycles. The van der Waals surface area contributed by atoms with Gasteiger partial charge < -0.3 is 14.6 Å². The van der Waals surface area contributed by atoms with Crippen molar-refractivity contribution in [2.75, 3.05) is 31.1 Å². The number of hydrogen-bond donors (Lipinski definition) is 0. The molecule has 0 saturated carbocycles. The molecular formula is C27H21ClFN5O. The van der Waals surface area contributed by atoms with Gasteiger partial charge in [0.1, 0.15) is 17.3 Å². The molecule has 2 aromatic heterocycles. The van der Waals surface area contributed by atoms with Crippen LogP contribution in [0.2, 0.25) is 5.02 Å². The number of aromatic nitrogens is 2. The highest BCUT2D eigenvalue weighted by Crippen LogP contribution is 2.37. The third-order valence-electron chi connectivity index (χ3n) is 6.40. The topological polar surface area (TPSA) is 53.7 Å². The van der Waals surface area contributed by atoms with Gasteiger partial charge >= 0.3 is 0 Å². The number of rotatable bonds is 4. The summed E-state index contributed by atoms with van der Waals surface area (Å²) in [6.45, 7) is 12.5. The molecule has 5 rings (SSSR count). The second-order valence-corrected chi connectivity index (χ2v) is 8.74. The van der Waals surface area contributed by atoms with Crippen molar-refractivity contribution in [1.29, 1.82) is 0 Å². The molecule has 1 atom stereocenters. The van der Waals surface area contributed by atoms with E-state index in [9.17, 15) is 4.79 Å². The molecule has 0 N–H and O–H groups in total. The quantitative estimate of drug-likeness (QED) is 0.288. The van der Waals surface area contributed by atoms with E-state index in [0.29, 0.717) is 35.6 Å². The Hall–Kier alpha value is -4.02. The lowest BCUT2D eigenvalue weighted by Crippen LogP contribution is -2.56. The number of carbonyl (C=O) groups excluding carboxylic acids is 1. The highest BCUT2D eigenvalue weighted by atomic mass is 35.5. The Morgan fingerprint density at radius 1 is 1.23 bits per heavy atom. The summed E-state index contributed by atoms with van der Waals surface area (Å²) in [6.07, 6.45) is 4.48. The van der Waals surface area contributed by atoms with Crippen LogP contribution in [0.3, 0.4) is 0 Å². The van der Waals surface area contributed by atoms with Gasteiger partial charge in [-0.25, -0.2) is 11.0 Å². The maximum Gasteiger partial charge on any atom is 0.246 e. The fraction of sp³-hybridized carbons (Fsp3) is 0.185. The number of amides is 1. The summed E-state index contributed by atoms with van der Waals surface area (Å²) in [4.78, 5) is 28.3. The van der Waals surface area contributed by atoms with Gasteiger partial charge in [-0.05, 0) is 23.6 Å². The van der Waals surface area contributed by atoms with Crippen LogP contribution in [-0.2, 0) is 4.79 Å². The van der Waals surface area contributed by atoms with E-state index in [4.69, 9.17) is 18.2 Å². The van der Waals surface area contributed by atoms with Crippen LogP contribution in [0.4, 0.5) is 10.1 Å². The Morgan fingerprint density at radius 3 is 2.80 bits per heavy atom. The number of hydrogen-bond acceptors (Lipinski definition) is 4. The maximum absolute atomic E-state index is 15.9. The molecule has 4 aromatic rings. The van der Waals surface area contributed by atoms with Crippen LogP contribution in [-0.4, -0.2) is 53.0 Å². The molecule has 1 aliphatic rings. The summed E-state index contributed by atoms with van der Waals surface area (Å²) in [5, 5.41) is 2.74. The third kappa shape index (κ3) is 3.96. The van der Waals surface area contributed by atoms with Crippen LogP contribution in [0.25, 0.3) is 37.8 Å². The van der Waals surface area contributed by atoms with Gasteiger partial charge in [0, 0.05) is 59.1 Å². The monoisotopic (exact) mass is 485 g/mol. The number of nitrogens with zero attached hydrogens (tertiary/aromatic N) is 5. The van der Waals surface area contributed by atoms with Crippen LogP contribution in [0.1, 0.15) is 0 Å². The zero-order valence-corrected chi connectivity index (χ0v) is 19.5. The molecule has 1 saturated heterocycles. The van der Waals surface area contributed by atoms with E-state index < -0.39 is 5.82 Å². The van der Waals surface area contributed by atoms with Crippen molar-refractivity contribution in [3.63, 3.8) is 0 Å².